The van der Waals surface area contributed by atoms with Crippen LogP contribution in [0, 0.1) is 12.8 Å². The van der Waals surface area contributed by atoms with Crippen LogP contribution in [0.5, 0.6) is 5.75 Å². The van der Waals surface area contributed by atoms with E-state index in [1.807, 2.05) is 0 Å². The van der Waals surface area contributed by atoms with Crippen molar-refractivity contribution in [1.29, 1.82) is 0 Å². The van der Waals surface area contributed by atoms with E-state index in [0.717, 1.165) is 44.2 Å². The molecule has 0 aliphatic carbocycles. The van der Waals surface area contributed by atoms with E-state index < -0.39 is 0 Å². The van der Waals surface area contributed by atoms with E-state index >= 15 is 0 Å². The lowest BCUT2D eigenvalue weighted by atomic mass is 10.1. The summed E-state index contributed by atoms with van der Waals surface area (Å²) in [5.74, 6) is 1.83. The molecule has 0 saturated carbocycles. The Kier molecular flexibility index (Phi) is 7.57. The van der Waals surface area contributed by atoms with Gasteiger partial charge in [-0.05, 0) is 44.2 Å². The molecule has 0 heterocycles. The number of para-hydroxylation sites is 1. The number of benzene rings is 1. The first-order valence-corrected chi connectivity index (χ1v) is 7.57. The molecule has 0 unspecified atom stereocenters. The van der Waals surface area contributed by atoms with Crippen LogP contribution in [-0.4, -0.2) is 13.2 Å². The van der Waals surface area contributed by atoms with Crippen molar-refractivity contribution in [2.45, 2.75) is 53.5 Å². The van der Waals surface area contributed by atoms with Crippen LogP contribution in [0.1, 0.15) is 51.2 Å². The fourth-order valence-electron chi connectivity index (χ4n) is 2.12. The topological polar surface area (TPSA) is 21.3 Å². The standard InChI is InChI=1S/C17H29NO/c1-5-11-18-13-16-10-6-9-15(4)17(16)19-12-7-8-14(2)3/h6,9-10,14,18H,5,7-8,11-13H2,1-4H3. The van der Waals surface area contributed by atoms with Crippen molar-refractivity contribution in [2.24, 2.45) is 5.92 Å². The maximum Gasteiger partial charge on any atom is 0.126 e. The Bertz CT molecular complexity index is 360. The van der Waals surface area contributed by atoms with Crippen molar-refractivity contribution < 1.29 is 4.74 Å². The minimum Gasteiger partial charge on any atom is -0.493 e. The van der Waals surface area contributed by atoms with Crippen molar-refractivity contribution >= 4 is 0 Å². The third-order valence-corrected chi connectivity index (χ3v) is 3.21. The van der Waals surface area contributed by atoms with Crippen molar-refractivity contribution in [3.63, 3.8) is 0 Å². The predicted octanol–water partition coefficient (Wildman–Crippen LogP) is 4.31. The quantitative estimate of drug-likeness (QED) is 0.670. The zero-order valence-corrected chi connectivity index (χ0v) is 13.0. The van der Waals surface area contributed by atoms with Crippen LogP contribution in [0.25, 0.3) is 0 Å². The van der Waals surface area contributed by atoms with E-state index in [0.29, 0.717) is 0 Å². The van der Waals surface area contributed by atoms with Crippen molar-refractivity contribution in [3.05, 3.63) is 29.3 Å². The summed E-state index contributed by atoms with van der Waals surface area (Å²) < 4.78 is 6.01. The van der Waals surface area contributed by atoms with Crippen LogP contribution >= 0.6 is 0 Å². The largest absolute Gasteiger partial charge is 0.493 e. The van der Waals surface area contributed by atoms with E-state index in [1.165, 1.54) is 17.5 Å². The van der Waals surface area contributed by atoms with Gasteiger partial charge in [-0.2, -0.15) is 0 Å². The van der Waals surface area contributed by atoms with Crippen LogP contribution < -0.4 is 10.1 Å². The second-order valence-corrected chi connectivity index (χ2v) is 5.62. The molecule has 0 amide bonds. The van der Waals surface area contributed by atoms with Gasteiger partial charge in [-0.15, -0.1) is 0 Å². The summed E-state index contributed by atoms with van der Waals surface area (Å²) in [5, 5.41) is 3.45. The lowest BCUT2D eigenvalue weighted by Gasteiger charge is -2.15. The molecule has 2 heteroatoms. The highest BCUT2D eigenvalue weighted by atomic mass is 16.5. The highest BCUT2D eigenvalue weighted by Crippen LogP contribution is 2.23. The van der Waals surface area contributed by atoms with Gasteiger partial charge in [0.25, 0.3) is 0 Å². The Morgan fingerprint density at radius 3 is 2.74 bits per heavy atom. The molecule has 0 spiro atoms. The van der Waals surface area contributed by atoms with Gasteiger partial charge in [0.15, 0.2) is 0 Å². The van der Waals surface area contributed by atoms with Crippen molar-refractivity contribution in [1.82, 2.24) is 5.32 Å². The molecule has 0 aliphatic rings. The monoisotopic (exact) mass is 263 g/mol. The molecule has 0 atom stereocenters. The molecule has 1 N–H and O–H groups in total. The Labute approximate surface area is 118 Å². The second-order valence-electron chi connectivity index (χ2n) is 5.62. The van der Waals surface area contributed by atoms with Gasteiger partial charge in [-0.25, -0.2) is 0 Å². The molecule has 0 radical (unpaired) electrons. The summed E-state index contributed by atoms with van der Waals surface area (Å²) in [5.41, 5.74) is 2.51. The Morgan fingerprint density at radius 1 is 1.26 bits per heavy atom. The molecule has 0 bridgehead atoms. The maximum absolute atomic E-state index is 6.01. The van der Waals surface area contributed by atoms with E-state index in [1.54, 1.807) is 0 Å². The molecule has 1 rings (SSSR count). The Hall–Kier alpha value is -1.02. The lowest BCUT2D eigenvalue weighted by Crippen LogP contribution is -2.15. The van der Waals surface area contributed by atoms with Crippen LogP contribution in [-0.2, 0) is 6.54 Å². The molecule has 19 heavy (non-hydrogen) atoms. The first-order chi connectivity index (χ1) is 9.15. The fourth-order valence-corrected chi connectivity index (χ4v) is 2.12. The summed E-state index contributed by atoms with van der Waals surface area (Å²) in [4.78, 5) is 0. The zero-order chi connectivity index (χ0) is 14.1. The number of ether oxygens (including phenoxy) is 1. The van der Waals surface area contributed by atoms with Gasteiger partial charge < -0.3 is 10.1 Å². The second kappa shape index (κ2) is 8.98. The number of nitrogens with one attached hydrogen (secondary N) is 1. The molecule has 0 aliphatic heterocycles. The van der Waals surface area contributed by atoms with Gasteiger partial charge in [-0.1, -0.05) is 39.0 Å². The van der Waals surface area contributed by atoms with Crippen LogP contribution in [0.4, 0.5) is 0 Å². The fraction of sp³-hybridized carbons (Fsp3) is 0.647. The first-order valence-electron chi connectivity index (χ1n) is 7.57. The van der Waals surface area contributed by atoms with Gasteiger partial charge in [-0.3, -0.25) is 0 Å². The van der Waals surface area contributed by atoms with E-state index in [2.05, 4.69) is 51.2 Å². The van der Waals surface area contributed by atoms with Gasteiger partial charge in [0.2, 0.25) is 0 Å². The summed E-state index contributed by atoms with van der Waals surface area (Å²) in [7, 11) is 0. The number of hydrogen-bond acceptors (Lipinski definition) is 2. The summed E-state index contributed by atoms with van der Waals surface area (Å²) in [6.45, 7) is 11.6. The van der Waals surface area contributed by atoms with Gasteiger partial charge in [0, 0.05) is 12.1 Å². The minimum absolute atomic E-state index is 0.756. The number of hydrogen-bond donors (Lipinski definition) is 1. The highest BCUT2D eigenvalue weighted by molar-refractivity contribution is 5.40. The molecular weight excluding hydrogens is 234 g/mol. The van der Waals surface area contributed by atoms with Gasteiger partial charge >= 0.3 is 0 Å². The number of aryl methyl sites for hydroxylation is 1. The average Bonchev–Trinajstić information content (AvgIpc) is 2.37. The molecule has 1 aromatic carbocycles. The zero-order valence-electron chi connectivity index (χ0n) is 13.0. The molecular formula is C17H29NO. The third-order valence-electron chi connectivity index (χ3n) is 3.21. The molecule has 0 saturated heterocycles. The summed E-state index contributed by atoms with van der Waals surface area (Å²) >= 11 is 0. The Morgan fingerprint density at radius 2 is 2.05 bits per heavy atom. The summed E-state index contributed by atoms with van der Waals surface area (Å²) in [6.07, 6.45) is 3.53. The smallest absolute Gasteiger partial charge is 0.126 e. The highest BCUT2D eigenvalue weighted by Gasteiger charge is 2.06. The number of rotatable bonds is 9. The molecule has 2 nitrogen and oxygen atoms in total. The molecule has 0 aromatic heterocycles. The van der Waals surface area contributed by atoms with E-state index in [-0.39, 0.29) is 0 Å². The Balaban J connectivity index is 2.53. The van der Waals surface area contributed by atoms with Crippen molar-refractivity contribution in [2.75, 3.05) is 13.2 Å². The lowest BCUT2D eigenvalue weighted by molar-refractivity contribution is 0.292. The maximum atomic E-state index is 6.01. The van der Waals surface area contributed by atoms with E-state index in [4.69, 9.17) is 4.74 Å². The van der Waals surface area contributed by atoms with Gasteiger partial charge in [0.05, 0.1) is 6.61 Å². The van der Waals surface area contributed by atoms with Crippen molar-refractivity contribution in [3.8, 4) is 5.75 Å². The molecule has 1 aromatic rings. The summed E-state index contributed by atoms with van der Waals surface area (Å²) in [6, 6.07) is 6.40. The van der Waals surface area contributed by atoms with Crippen LogP contribution in [0.2, 0.25) is 0 Å². The van der Waals surface area contributed by atoms with Crippen LogP contribution in [0.3, 0.4) is 0 Å². The normalized spacial score (nSPS) is 11.0. The van der Waals surface area contributed by atoms with Gasteiger partial charge in [0.1, 0.15) is 5.75 Å². The van der Waals surface area contributed by atoms with Crippen LogP contribution in [0.15, 0.2) is 18.2 Å². The average molecular weight is 263 g/mol. The SMILES string of the molecule is CCCNCc1cccc(C)c1OCCCC(C)C. The third kappa shape index (κ3) is 6.11. The first kappa shape index (κ1) is 16.0. The van der Waals surface area contributed by atoms with E-state index in [9.17, 15) is 0 Å². The molecule has 0 fully saturated rings. The predicted molar refractivity (Wildman–Crippen MR) is 82.7 cm³/mol. The molecule has 108 valence electrons. The minimum atomic E-state index is 0.756.